The van der Waals surface area contributed by atoms with E-state index in [1.54, 1.807) is 0 Å². The number of hydrogen-bond donors (Lipinski definition) is 1. The fourth-order valence-corrected chi connectivity index (χ4v) is 0.742. The maximum atomic E-state index is 12.6. The summed E-state index contributed by atoms with van der Waals surface area (Å²) in [5, 5.41) is 3.21. The third-order valence-corrected chi connectivity index (χ3v) is 1.31. The highest BCUT2D eigenvalue weighted by Crippen LogP contribution is 2.07. The number of aromatic nitrogens is 1. The predicted octanol–water partition coefficient (Wildman–Crippen LogP) is 1.46. The second-order valence-corrected chi connectivity index (χ2v) is 2.29. The van der Waals surface area contributed by atoms with Gasteiger partial charge in [0.25, 0.3) is 0 Å². The molecule has 0 aliphatic rings. The van der Waals surface area contributed by atoms with Crippen molar-refractivity contribution in [2.45, 2.75) is 0 Å². The maximum Gasteiger partial charge on any atom is 0.236 e. The molecule has 0 bridgehead atoms. The SMILES string of the molecule is [N-]=[N+]=NCC#Cc1cnc(F)c(N)c1. The summed E-state index contributed by atoms with van der Waals surface area (Å²) in [6.45, 7) is 0.0633. The molecule has 6 heteroatoms. The van der Waals surface area contributed by atoms with Crippen molar-refractivity contribution < 1.29 is 4.39 Å². The Labute approximate surface area is 79.4 Å². The van der Waals surface area contributed by atoms with Gasteiger partial charge in [-0.25, -0.2) is 4.98 Å². The first-order valence-electron chi connectivity index (χ1n) is 3.65. The fraction of sp³-hybridized carbons (Fsp3) is 0.125. The second-order valence-electron chi connectivity index (χ2n) is 2.29. The van der Waals surface area contributed by atoms with Crippen LogP contribution in [-0.4, -0.2) is 11.5 Å². The van der Waals surface area contributed by atoms with E-state index < -0.39 is 5.95 Å². The summed E-state index contributed by atoms with van der Waals surface area (Å²) in [5.74, 6) is 4.47. The predicted molar refractivity (Wildman–Crippen MR) is 49.5 cm³/mol. The molecule has 1 aromatic heterocycles. The standard InChI is InChI=1S/C8H6FN5/c9-8-7(10)4-6(5-12-8)2-1-3-13-14-11/h4-5H,3,10H2. The summed E-state index contributed by atoms with van der Waals surface area (Å²) >= 11 is 0. The third kappa shape index (κ3) is 2.66. The molecule has 70 valence electrons. The Balaban J connectivity index is 2.80. The molecule has 0 radical (unpaired) electrons. The molecule has 1 rings (SSSR count). The molecule has 0 fully saturated rings. The van der Waals surface area contributed by atoms with Crippen LogP contribution in [0.3, 0.4) is 0 Å². The smallest absolute Gasteiger partial charge is 0.236 e. The van der Waals surface area contributed by atoms with Crippen LogP contribution in [0.2, 0.25) is 0 Å². The number of azide groups is 1. The number of halogens is 1. The summed E-state index contributed by atoms with van der Waals surface area (Å²) in [6, 6.07) is 1.37. The van der Waals surface area contributed by atoms with Crippen LogP contribution in [0.1, 0.15) is 5.56 Å². The van der Waals surface area contributed by atoms with Crippen molar-refractivity contribution in [2.24, 2.45) is 5.11 Å². The Bertz CT molecular complexity index is 439. The van der Waals surface area contributed by atoms with Gasteiger partial charge in [-0.05, 0) is 11.6 Å². The molecule has 0 unspecified atom stereocenters. The van der Waals surface area contributed by atoms with Gasteiger partial charge in [0.15, 0.2) is 0 Å². The average molecular weight is 191 g/mol. The maximum absolute atomic E-state index is 12.6. The lowest BCUT2D eigenvalue weighted by atomic mass is 10.2. The lowest BCUT2D eigenvalue weighted by Crippen LogP contribution is -1.94. The molecule has 0 atom stereocenters. The molecule has 1 aromatic rings. The minimum Gasteiger partial charge on any atom is -0.395 e. The number of nitrogen functional groups attached to an aromatic ring is 1. The Morgan fingerprint density at radius 2 is 2.50 bits per heavy atom. The van der Waals surface area contributed by atoms with Gasteiger partial charge in [-0.3, -0.25) is 0 Å². The summed E-state index contributed by atoms with van der Waals surface area (Å²) in [5.41, 5.74) is 13.6. The van der Waals surface area contributed by atoms with Crippen molar-refractivity contribution in [1.82, 2.24) is 4.98 Å². The normalized spacial score (nSPS) is 8.36. The van der Waals surface area contributed by atoms with Crippen LogP contribution in [-0.2, 0) is 0 Å². The zero-order valence-corrected chi connectivity index (χ0v) is 7.11. The van der Waals surface area contributed by atoms with Crippen LogP contribution in [0.5, 0.6) is 0 Å². The number of pyridine rings is 1. The molecule has 14 heavy (non-hydrogen) atoms. The zero-order chi connectivity index (χ0) is 10.4. The number of nitrogens with two attached hydrogens (primary N) is 1. The molecule has 1 heterocycles. The fourth-order valence-electron chi connectivity index (χ4n) is 0.742. The van der Waals surface area contributed by atoms with E-state index in [0.717, 1.165) is 0 Å². The number of hydrogen-bond acceptors (Lipinski definition) is 3. The minimum absolute atomic E-state index is 0.0550. The van der Waals surface area contributed by atoms with Crippen molar-refractivity contribution >= 4 is 5.69 Å². The summed E-state index contributed by atoms with van der Waals surface area (Å²) in [4.78, 5) is 5.90. The largest absolute Gasteiger partial charge is 0.395 e. The van der Waals surface area contributed by atoms with Crippen molar-refractivity contribution in [3.8, 4) is 11.8 Å². The van der Waals surface area contributed by atoms with Gasteiger partial charge in [-0.1, -0.05) is 17.0 Å². The van der Waals surface area contributed by atoms with E-state index in [9.17, 15) is 4.39 Å². The highest BCUT2D eigenvalue weighted by molar-refractivity contribution is 5.45. The molecule has 2 N–H and O–H groups in total. The monoisotopic (exact) mass is 191 g/mol. The molecular formula is C8H6FN5. The molecular weight excluding hydrogens is 185 g/mol. The first-order valence-corrected chi connectivity index (χ1v) is 3.65. The van der Waals surface area contributed by atoms with Crippen LogP contribution in [0.15, 0.2) is 17.4 Å². The van der Waals surface area contributed by atoms with Gasteiger partial charge in [0.05, 0.1) is 12.2 Å². The topological polar surface area (TPSA) is 87.7 Å². The van der Waals surface area contributed by atoms with Crippen LogP contribution in [0, 0.1) is 17.8 Å². The quantitative estimate of drug-likeness (QED) is 0.239. The molecule has 0 saturated heterocycles. The van der Waals surface area contributed by atoms with E-state index in [4.69, 9.17) is 11.3 Å². The van der Waals surface area contributed by atoms with Gasteiger partial charge < -0.3 is 5.73 Å². The van der Waals surface area contributed by atoms with E-state index >= 15 is 0 Å². The Morgan fingerprint density at radius 1 is 1.71 bits per heavy atom. The van der Waals surface area contributed by atoms with Gasteiger partial charge in [-0.15, -0.1) is 0 Å². The summed E-state index contributed by atoms with van der Waals surface area (Å²) in [7, 11) is 0. The van der Waals surface area contributed by atoms with E-state index in [1.165, 1.54) is 12.3 Å². The Hall–Kier alpha value is -2.25. The van der Waals surface area contributed by atoms with Gasteiger partial charge in [0.1, 0.15) is 0 Å². The van der Waals surface area contributed by atoms with E-state index in [0.29, 0.717) is 5.56 Å². The van der Waals surface area contributed by atoms with Crippen molar-refractivity contribution in [3.05, 3.63) is 34.2 Å². The van der Waals surface area contributed by atoms with Crippen LogP contribution in [0.25, 0.3) is 10.4 Å². The van der Waals surface area contributed by atoms with Crippen LogP contribution in [0.4, 0.5) is 10.1 Å². The minimum atomic E-state index is -0.717. The van der Waals surface area contributed by atoms with Gasteiger partial charge in [0.2, 0.25) is 5.95 Å². The Morgan fingerprint density at radius 3 is 3.14 bits per heavy atom. The Kier molecular flexibility index (Phi) is 3.30. The van der Waals surface area contributed by atoms with Crippen molar-refractivity contribution in [2.75, 3.05) is 12.3 Å². The first-order chi connectivity index (χ1) is 6.74. The molecule has 0 saturated carbocycles. The van der Waals surface area contributed by atoms with Gasteiger partial charge in [0, 0.05) is 16.7 Å². The van der Waals surface area contributed by atoms with E-state index in [1.807, 2.05) is 0 Å². The lowest BCUT2D eigenvalue weighted by molar-refractivity contribution is 0.588. The second kappa shape index (κ2) is 4.70. The van der Waals surface area contributed by atoms with Gasteiger partial charge >= 0.3 is 0 Å². The molecule has 0 aromatic carbocycles. The molecule has 5 nitrogen and oxygen atoms in total. The zero-order valence-electron chi connectivity index (χ0n) is 7.11. The molecule has 0 spiro atoms. The number of rotatable bonds is 1. The molecule has 0 aliphatic carbocycles. The summed E-state index contributed by atoms with van der Waals surface area (Å²) in [6.07, 6.45) is 1.26. The molecule has 0 aliphatic heterocycles. The number of anilines is 1. The van der Waals surface area contributed by atoms with Gasteiger partial charge in [-0.2, -0.15) is 4.39 Å². The third-order valence-electron chi connectivity index (χ3n) is 1.31. The molecule has 0 amide bonds. The lowest BCUT2D eigenvalue weighted by Gasteiger charge is -1.94. The van der Waals surface area contributed by atoms with E-state index in [2.05, 4.69) is 26.9 Å². The van der Waals surface area contributed by atoms with E-state index in [-0.39, 0.29) is 12.2 Å². The van der Waals surface area contributed by atoms with Crippen LogP contribution < -0.4 is 5.73 Å². The van der Waals surface area contributed by atoms with Crippen molar-refractivity contribution in [1.29, 1.82) is 0 Å². The summed E-state index contributed by atoms with van der Waals surface area (Å²) < 4.78 is 12.6. The number of nitrogens with zero attached hydrogens (tertiary/aromatic N) is 4. The highest BCUT2D eigenvalue weighted by atomic mass is 19.1. The van der Waals surface area contributed by atoms with Crippen LogP contribution >= 0.6 is 0 Å². The average Bonchev–Trinajstić information content (AvgIpc) is 2.18. The highest BCUT2D eigenvalue weighted by Gasteiger charge is 1.97. The van der Waals surface area contributed by atoms with Crippen molar-refractivity contribution in [3.63, 3.8) is 0 Å². The first kappa shape index (κ1) is 9.84.